The lowest BCUT2D eigenvalue weighted by atomic mass is 10.2. The molecule has 7 heteroatoms. The number of methoxy groups -OCH3 is 1. The van der Waals surface area contributed by atoms with Crippen LogP contribution in [0.2, 0.25) is 0 Å². The Bertz CT molecular complexity index is 466. The summed E-state index contributed by atoms with van der Waals surface area (Å²) in [6.45, 7) is 4.00. The molecular formula is C14H21ClN2O4. The Balaban J connectivity index is 0.00000191. The van der Waals surface area contributed by atoms with Gasteiger partial charge in [-0.05, 0) is 18.9 Å². The molecule has 1 N–H and O–H groups in total. The average Bonchev–Trinajstić information content (AvgIpc) is 2.49. The van der Waals surface area contributed by atoms with E-state index in [2.05, 4.69) is 5.32 Å². The van der Waals surface area contributed by atoms with Crippen LogP contribution in [0.25, 0.3) is 0 Å². The fourth-order valence-electron chi connectivity index (χ4n) is 1.49. The first kappa shape index (κ1) is 19.2. The van der Waals surface area contributed by atoms with Crippen molar-refractivity contribution >= 4 is 28.9 Å². The molecule has 1 rings (SSSR count). The molecule has 0 unspecified atom stereocenters. The highest BCUT2D eigenvalue weighted by molar-refractivity contribution is 6.17. The van der Waals surface area contributed by atoms with E-state index in [0.717, 1.165) is 6.42 Å². The number of nitro benzene ring substituents is 1. The number of halogens is 1. The number of nitro groups is 1. The van der Waals surface area contributed by atoms with E-state index >= 15 is 0 Å². The minimum absolute atomic E-state index is 0.0861. The molecule has 0 saturated heterocycles. The number of amides is 1. The maximum absolute atomic E-state index is 11.6. The van der Waals surface area contributed by atoms with Crippen molar-refractivity contribution in [1.82, 2.24) is 0 Å². The summed E-state index contributed by atoms with van der Waals surface area (Å²) in [4.78, 5) is 21.7. The molecule has 1 aromatic carbocycles. The number of non-ortho nitro benzene ring substituents is 1. The molecule has 118 valence electrons. The normalized spacial score (nSPS) is 9.33. The second-order valence-electron chi connectivity index (χ2n) is 3.84. The van der Waals surface area contributed by atoms with E-state index in [1.807, 2.05) is 13.8 Å². The largest absolute Gasteiger partial charge is 0.494 e. The molecule has 0 heterocycles. The smallest absolute Gasteiger partial charge is 0.273 e. The van der Waals surface area contributed by atoms with Gasteiger partial charge in [-0.1, -0.05) is 13.8 Å². The summed E-state index contributed by atoms with van der Waals surface area (Å²) < 4.78 is 5.02. The van der Waals surface area contributed by atoms with Gasteiger partial charge in [-0.15, -0.1) is 11.6 Å². The van der Waals surface area contributed by atoms with Crippen LogP contribution in [0, 0.1) is 10.1 Å². The van der Waals surface area contributed by atoms with Crippen LogP contribution in [0.4, 0.5) is 11.4 Å². The first-order valence-corrected chi connectivity index (χ1v) is 7.30. The summed E-state index contributed by atoms with van der Waals surface area (Å²) in [5.41, 5.74) is 0.334. The molecule has 0 aromatic heterocycles. The Morgan fingerprint density at radius 1 is 1.38 bits per heavy atom. The van der Waals surface area contributed by atoms with Gasteiger partial charge < -0.3 is 10.1 Å². The van der Waals surface area contributed by atoms with Crippen molar-refractivity contribution in [2.45, 2.75) is 33.1 Å². The molecule has 0 radical (unpaired) electrons. The number of nitrogens with one attached hydrogen (secondary N) is 1. The second-order valence-corrected chi connectivity index (χ2v) is 4.21. The fraction of sp³-hybridized carbons (Fsp3) is 0.500. The minimum Gasteiger partial charge on any atom is -0.494 e. The van der Waals surface area contributed by atoms with E-state index in [1.165, 1.54) is 25.3 Å². The molecule has 21 heavy (non-hydrogen) atoms. The number of ether oxygens (including phenoxy) is 1. The monoisotopic (exact) mass is 316 g/mol. The summed E-state index contributed by atoms with van der Waals surface area (Å²) >= 11 is 5.52. The molecule has 1 aromatic rings. The van der Waals surface area contributed by atoms with Crippen LogP contribution >= 0.6 is 11.6 Å². The standard InChI is InChI=1S/C12H15ClN2O4.C2H6/c1-19-11-8-9(15(17)18)5-6-10(11)14-12(16)4-2-3-7-13;1-2/h5-6,8H,2-4,7H2,1H3,(H,14,16);1-2H3. The SMILES string of the molecule is CC.COc1cc([N+](=O)[O-])ccc1NC(=O)CCCCCl. The quantitative estimate of drug-likeness (QED) is 0.357. The van der Waals surface area contributed by atoms with Crippen LogP contribution in [0.15, 0.2) is 18.2 Å². The Hall–Kier alpha value is -1.82. The highest BCUT2D eigenvalue weighted by Gasteiger charge is 2.13. The van der Waals surface area contributed by atoms with Gasteiger partial charge in [0.25, 0.3) is 5.69 Å². The van der Waals surface area contributed by atoms with E-state index in [-0.39, 0.29) is 17.3 Å². The number of unbranched alkanes of at least 4 members (excludes halogenated alkanes) is 1. The van der Waals surface area contributed by atoms with Crippen molar-refractivity contribution in [2.24, 2.45) is 0 Å². The van der Waals surface area contributed by atoms with Gasteiger partial charge in [0.1, 0.15) is 5.75 Å². The van der Waals surface area contributed by atoms with E-state index in [9.17, 15) is 14.9 Å². The zero-order chi connectivity index (χ0) is 16.3. The lowest BCUT2D eigenvalue weighted by Crippen LogP contribution is -2.12. The predicted octanol–water partition coefficient (Wildman–Crippen LogP) is 3.98. The lowest BCUT2D eigenvalue weighted by molar-refractivity contribution is -0.384. The van der Waals surface area contributed by atoms with Crippen molar-refractivity contribution in [3.05, 3.63) is 28.3 Å². The molecule has 0 aliphatic carbocycles. The lowest BCUT2D eigenvalue weighted by Gasteiger charge is -2.09. The maximum atomic E-state index is 11.6. The number of carbonyl (C=O) groups is 1. The van der Waals surface area contributed by atoms with Crippen molar-refractivity contribution in [3.63, 3.8) is 0 Å². The molecule has 0 fully saturated rings. The van der Waals surface area contributed by atoms with E-state index in [4.69, 9.17) is 16.3 Å². The van der Waals surface area contributed by atoms with E-state index in [0.29, 0.717) is 24.4 Å². The number of hydrogen-bond acceptors (Lipinski definition) is 4. The second kappa shape index (κ2) is 10.9. The topological polar surface area (TPSA) is 81.5 Å². The van der Waals surface area contributed by atoms with Gasteiger partial charge in [0, 0.05) is 18.4 Å². The third-order valence-corrected chi connectivity index (χ3v) is 2.72. The van der Waals surface area contributed by atoms with E-state index < -0.39 is 4.92 Å². The van der Waals surface area contributed by atoms with Crippen LogP contribution in [0.5, 0.6) is 5.75 Å². The number of benzene rings is 1. The summed E-state index contributed by atoms with van der Waals surface area (Å²) in [7, 11) is 1.39. The Morgan fingerprint density at radius 3 is 2.57 bits per heavy atom. The third kappa shape index (κ3) is 6.94. The number of rotatable bonds is 7. The molecular weight excluding hydrogens is 296 g/mol. The number of anilines is 1. The number of alkyl halides is 1. The van der Waals surface area contributed by atoms with Crippen molar-refractivity contribution in [3.8, 4) is 5.75 Å². The number of hydrogen-bond donors (Lipinski definition) is 1. The van der Waals surface area contributed by atoms with Gasteiger partial charge in [0.2, 0.25) is 5.91 Å². The van der Waals surface area contributed by atoms with E-state index in [1.54, 1.807) is 0 Å². The predicted molar refractivity (Wildman–Crippen MR) is 84.2 cm³/mol. The van der Waals surface area contributed by atoms with Crippen molar-refractivity contribution < 1.29 is 14.5 Å². The molecule has 0 aliphatic rings. The first-order chi connectivity index (χ1) is 10.1. The third-order valence-electron chi connectivity index (χ3n) is 2.46. The van der Waals surface area contributed by atoms with Crippen molar-refractivity contribution in [2.75, 3.05) is 18.3 Å². The summed E-state index contributed by atoms with van der Waals surface area (Å²) in [5.74, 6) is 0.617. The fourth-order valence-corrected chi connectivity index (χ4v) is 1.68. The van der Waals surface area contributed by atoms with Gasteiger partial charge in [-0.2, -0.15) is 0 Å². The maximum Gasteiger partial charge on any atom is 0.273 e. The van der Waals surface area contributed by atoms with Crippen LogP contribution in [0.1, 0.15) is 33.1 Å². The Kier molecular flexibility index (Phi) is 9.96. The molecule has 0 saturated carbocycles. The van der Waals surface area contributed by atoms with Crippen LogP contribution in [0.3, 0.4) is 0 Å². The van der Waals surface area contributed by atoms with Crippen LogP contribution in [-0.2, 0) is 4.79 Å². The minimum atomic E-state index is -0.519. The average molecular weight is 317 g/mol. The molecule has 1 amide bonds. The Morgan fingerprint density at radius 2 is 2.05 bits per heavy atom. The summed E-state index contributed by atoms with van der Waals surface area (Å²) in [6.07, 6.45) is 1.82. The number of carbonyl (C=O) groups excluding carboxylic acids is 1. The number of nitrogens with zero attached hydrogens (tertiary/aromatic N) is 1. The van der Waals surface area contributed by atoms with Crippen LogP contribution < -0.4 is 10.1 Å². The summed E-state index contributed by atoms with van der Waals surface area (Å²) in [5, 5.41) is 13.3. The van der Waals surface area contributed by atoms with Gasteiger partial charge >= 0.3 is 0 Å². The zero-order valence-corrected chi connectivity index (χ0v) is 13.3. The Labute approximate surface area is 129 Å². The van der Waals surface area contributed by atoms with Gasteiger partial charge in [-0.3, -0.25) is 14.9 Å². The van der Waals surface area contributed by atoms with Gasteiger partial charge in [0.05, 0.1) is 23.8 Å². The molecule has 0 atom stereocenters. The molecule has 6 nitrogen and oxygen atoms in total. The molecule has 0 bridgehead atoms. The first-order valence-electron chi connectivity index (χ1n) is 6.76. The summed E-state index contributed by atoms with van der Waals surface area (Å²) in [6, 6.07) is 4.04. The van der Waals surface area contributed by atoms with Gasteiger partial charge in [0.15, 0.2) is 0 Å². The highest BCUT2D eigenvalue weighted by atomic mass is 35.5. The van der Waals surface area contributed by atoms with Crippen LogP contribution in [-0.4, -0.2) is 23.8 Å². The highest BCUT2D eigenvalue weighted by Crippen LogP contribution is 2.29. The zero-order valence-electron chi connectivity index (χ0n) is 12.5. The molecule has 0 spiro atoms. The molecule has 0 aliphatic heterocycles. The van der Waals surface area contributed by atoms with Gasteiger partial charge in [-0.25, -0.2) is 0 Å². The van der Waals surface area contributed by atoms with Crippen molar-refractivity contribution in [1.29, 1.82) is 0 Å².